The molecule has 0 saturated heterocycles. The highest BCUT2D eigenvalue weighted by atomic mass is 15.1. The van der Waals surface area contributed by atoms with Crippen molar-refractivity contribution < 1.29 is 0 Å². The molecule has 1 aliphatic heterocycles. The van der Waals surface area contributed by atoms with Crippen molar-refractivity contribution in [3.8, 4) is 0 Å². The summed E-state index contributed by atoms with van der Waals surface area (Å²) in [5, 5.41) is 7.81. The minimum atomic E-state index is -0.172. The van der Waals surface area contributed by atoms with E-state index in [2.05, 4.69) is 16.0 Å². The summed E-state index contributed by atoms with van der Waals surface area (Å²) in [6.45, 7) is 8.00. The van der Waals surface area contributed by atoms with Crippen LogP contribution in [0.1, 0.15) is 27.7 Å². The average molecular weight is 164 g/mol. The van der Waals surface area contributed by atoms with Crippen LogP contribution in [-0.4, -0.2) is 5.54 Å². The smallest absolute Gasteiger partial charge is 0.0947 e. The normalized spacial score (nSPS) is 20.3. The van der Waals surface area contributed by atoms with Gasteiger partial charge < -0.3 is 0 Å². The van der Waals surface area contributed by atoms with Crippen LogP contribution >= 0.6 is 0 Å². The van der Waals surface area contributed by atoms with E-state index in [-0.39, 0.29) is 5.54 Å². The highest BCUT2D eigenvalue weighted by Gasteiger charge is 2.10. The first-order valence-electron chi connectivity index (χ1n) is 4.21. The van der Waals surface area contributed by atoms with Crippen LogP contribution in [0.5, 0.6) is 0 Å². The predicted molar refractivity (Wildman–Crippen MR) is 52.1 cm³/mol. The lowest BCUT2D eigenvalue weighted by Crippen LogP contribution is -2.10. The van der Waals surface area contributed by atoms with Crippen molar-refractivity contribution in [3.05, 3.63) is 30.2 Å². The van der Waals surface area contributed by atoms with Crippen molar-refractivity contribution in [2.24, 2.45) is 10.2 Å². The first-order valence-corrected chi connectivity index (χ1v) is 4.21. The first-order chi connectivity index (χ1) is 5.71. The number of rotatable bonds is 0. The van der Waals surface area contributed by atoms with Gasteiger partial charge in [-0.3, -0.25) is 0 Å². The third-order valence-electron chi connectivity index (χ3n) is 1.14. The van der Waals surface area contributed by atoms with Crippen LogP contribution in [0.25, 0.3) is 0 Å². The zero-order valence-electron chi connectivity index (χ0n) is 8.20. The Kier molecular flexibility index (Phi) is 4.98. The quantitative estimate of drug-likeness (QED) is 0.490. The van der Waals surface area contributed by atoms with Crippen LogP contribution in [0.15, 0.2) is 40.4 Å². The van der Waals surface area contributed by atoms with E-state index in [1.54, 1.807) is 6.20 Å². The van der Waals surface area contributed by atoms with Gasteiger partial charge in [-0.2, -0.15) is 10.2 Å². The zero-order chi connectivity index (χ0) is 9.45. The molecule has 1 heterocycles. The third kappa shape index (κ3) is 4.64. The molecule has 1 rings (SSSR count). The number of nitrogens with zero attached hydrogens (tertiary/aromatic N) is 2. The molecule has 2 heteroatoms. The van der Waals surface area contributed by atoms with E-state index < -0.39 is 0 Å². The van der Waals surface area contributed by atoms with Gasteiger partial charge in [-0.05, 0) is 19.9 Å². The van der Waals surface area contributed by atoms with Crippen molar-refractivity contribution in [2.45, 2.75) is 33.2 Å². The van der Waals surface area contributed by atoms with Crippen molar-refractivity contribution in [1.29, 1.82) is 0 Å². The van der Waals surface area contributed by atoms with E-state index in [1.165, 1.54) is 0 Å². The van der Waals surface area contributed by atoms with E-state index in [0.717, 1.165) is 0 Å². The fraction of sp³-hybridized carbons (Fsp3) is 0.500. The molecule has 2 nitrogen and oxygen atoms in total. The van der Waals surface area contributed by atoms with Crippen molar-refractivity contribution in [3.63, 3.8) is 0 Å². The third-order valence-corrected chi connectivity index (χ3v) is 1.14. The number of hydrogen-bond donors (Lipinski definition) is 0. The van der Waals surface area contributed by atoms with Crippen molar-refractivity contribution >= 4 is 0 Å². The molecule has 12 heavy (non-hydrogen) atoms. The van der Waals surface area contributed by atoms with Crippen LogP contribution in [0.4, 0.5) is 0 Å². The summed E-state index contributed by atoms with van der Waals surface area (Å²) in [4.78, 5) is 0. The van der Waals surface area contributed by atoms with Crippen LogP contribution in [0.2, 0.25) is 0 Å². The highest BCUT2D eigenvalue weighted by molar-refractivity contribution is 5.11. The molecule has 0 aromatic carbocycles. The van der Waals surface area contributed by atoms with Gasteiger partial charge in [0.1, 0.15) is 0 Å². The molecule has 0 fully saturated rings. The maximum Gasteiger partial charge on any atom is 0.0947 e. The largest absolute Gasteiger partial charge is 0.178 e. The Bertz CT molecular complexity index is 208. The highest BCUT2D eigenvalue weighted by Crippen LogP contribution is 2.12. The topological polar surface area (TPSA) is 24.7 Å². The number of azo groups is 1. The molecule has 0 amide bonds. The molecule has 0 aliphatic carbocycles. The molecular weight excluding hydrogens is 148 g/mol. The van der Waals surface area contributed by atoms with Crippen LogP contribution in [0.3, 0.4) is 0 Å². The molecule has 66 valence electrons. The Morgan fingerprint density at radius 1 is 1.25 bits per heavy atom. The van der Waals surface area contributed by atoms with Gasteiger partial charge in [0.05, 0.1) is 11.7 Å². The second-order valence-corrected chi connectivity index (χ2v) is 2.69. The Morgan fingerprint density at radius 3 is 2.58 bits per heavy atom. The van der Waals surface area contributed by atoms with E-state index in [1.807, 2.05) is 45.9 Å². The lowest BCUT2D eigenvalue weighted by atomic mass is 10.1. The second kappa shape index (κ2) is 5.50. The van der Waals surface area contributed by atoms with Gasteiger partial charge in [0.25, 0.3) is 0 Å². The molecule has 0 atom stereocenters. The minimum absolute atomic E-state index is 0.172. The van der Waals surface area contributed by atoms with Gasteiger partial charge in [-0.25, -0.2) is 0 Å². The fourth-order valence-corrected chi connectivity index (χ4v) is 0.627. The number of allylic oxidation sites excluding steroid dienone is 2. The molecule has 0 spiro atoms. The van der Waals surface area contributed by atoms with Crippen LogP contribution in [0, 0.1) is 0 Å². The van der Waals surface area contributed by atoms with E-state index in [0.29, 0.717) is 0 Å². The number of hydrogen-bond acceptors (Lipinski definition) is 2. The second-order valence-electron chi connectivity index (χ2n) is 2.69. The maximum absolute atomic E-state index is 4.02. The molecule has 0 unspecified atom stereocenters. The summed E-state index contributed by atoms with van der Waals surface area (Å²) in [7, 11) is 0. The molecule has 0 radical (unpaired) electrons. The molecule has 0 bridgehead atoms. The molecule has 0 N–H and O–H groups in total. The average Bonchev–Trinajstić information content (AvgIpc) is 2.03. The summed E-state index contributed by atoms with van der Waals surface area (Å²) in [6.07, 6.45) is 7.29. The predicted octanol–water partition coefficient (Wildman–Crippen LogP) is 3.48. The maximum atomic E-state index is 4.02. The van der Waals surface area contributed by atoms with Crippen molar-refractivity contribution in [2.75, 3.05) is 0 Å². The van der Waals surface area contributed by atoms with E-state index in [4.69, 9.17) is 0 Å². The van der Waals surface area contributed by atoms with Gasteiger partial charge in [0.2, 0.25) is 0 Å². The lowest BCUT2D eigenvalue weighted by molar-refractivity contribution is 0.618. The molecule has 0 aromatic heterocycles. The van der Waals surface area contributed by atoms with Crippen LogP contribution < -0.4 is 0 Å². The molecular formula is C10H16N2. The Hall–Kier alpha value is -1.14. The van der Waals surface area contributed by atoms with Gasteiger partial charge in [-0.15, -0.1) is 0 Å². The summed E-state index contributed by atoms with van der Waals surface area (Å²) >= 11 is 0. The van der Waals surface area contributed by atoms with E-state index >= 15 is 0 Å². The Morgan fingerprint density at radius 2 is 1.92 bits per heavy atom. The van der Waals surface area contributed by atoms with Gasteiger partial charge in [0.15, 0.2) is 0 Å². The summed E-state index contributed by atoms with van der Waals surface area (Å²) in [5.41, 5.74) is 2.66. The summed E-state index contributed by atoms with van der Waals surface area (Å²) in [5.74, 6) is 0. The van der Waals surface area contributed by atoms with Gasteiger partial charge >= 0.3 is 0 Å². The summed E-state index contributed by atoms with van der Waals surface area (Å²) < 4.78 is 0. The molecule has 0 aromatic rings. The fourth-order valence-electron chi connectivity index (χ4n) is 0.627. The van der Waals surface area contributed by atoms with E-state index in [9.17, 15) is 0 Å². The SMILES string of the molecule is CC.CC1(C)/C=C\C=C=CN=N1. The zero-order valence-corrected chi connectivity index (χ0v) is 8.20. The van der Waals surface area contributed by atoms with Gasteiger partial charge in [0, 0.05) is 0 Å². The minimum Gasteiger partial charge on any atom is -0.178 e. The summed E-state index contributed by atoms with van der Waals surface area (Å²) in [6, 6.07) is 0. The molecule has 1 aliphatic rings. The van der Waals surface area contributed by atoms with Crippen molar-refractivity contribution in [1.82, 2.24) is 0 Å². The lowest BCUT2D eigenvalue weighted by Gasteiger charge is -2.10. The van der Waals surface area contributed by atoms with Crippen LogP contribution in [-0.2, 0) is 0 Å². The monoisotopic (exact) mass is 164 g/mol. The molecule has 0 saturated carbocycles. The van der Waals surface area contributed by atoms with Gasteiger partial charge in [-0.1, -0.05) is 31.7 Å². The standard InChI is InChI=1S/C8H10N2.C2H6/c1-8(2)6-4-3-5-7-9-10-8;1-2/h3-4,6-7H,1-2H3;1-2H3/b6-4-,10-9?;. The Labute approximate surface area is 74.4 Å². The first kappa shape index (κ1) is 10.9. The Balaban J connectivity index is 0.000000561.